The van der Waals surface area contributed by atoms with Gasteiger partial charge in [-0.3, -0.25) is 4.79 Å². The Morgan fingerprint density at radius 1 is 1.19 bits per heavy atom. The van der Waals surface area contributed by atoms with Crippen molar-refractivity contribution in [1.29, 1.82) is 0 Å². The molecule has 0 spiro atoms. The van der Waals surface area contributed by atoms with E-state index >= 15 is 0 Å². The van der Waals surface area contributed by atoms with Crippen LogP contribution < -0.4 is 5.32 Å². The molecule has 1 amide bonds. The molecule has 0 aliphatic rings. The maximum atomic E-state index is 12.2. The van der Waals surface area contributed by atoms with Crippen molar-refractivity contribution in [3.63, 3.8) is 0 Å². The van der Waals surface area contributed by atoms with Gasteiger partial charge in [0.15, 0.2) is 11.5 Å². The third kappa shape index (κ3) is 3.07. The van der Waals surface area contributed by atoms with Crippen molar-refractivity contribution < 1.29 is 14.1 Å². The van der Waals surface area contributed by atoms with Gasteiger partial charge in [0.25, 0.3) is 5.91 Å². The Balaban J connectivity index is 1.51. The standard InChI is InChI=1S/C19H16N4O3/c1-25-12-16-10-17(22-26-16)19(24)21-14-6-8-15(9-7-14)23-18-5-3-2-4-13(18)11-20-23/h2-11H,12H2,1H3,(H,21,24). The number of nitrogens with zero attached hydrogens (tertiary/aromatic N) is 3. The van der Waals surface area contributed by atoms with Gasteiger partial charge in [-0.25, -0.2) is 4.68 Å². The molecule has 130 valence electrons. The second kappa shape index (κ2) is 6.81. The largest absolute Gasteiger partial charge is 0.377 e. The van der Waals surface area contributed by atoms with Crippen LogP contribution in [0.2, 0.25) is 0 Å². The zero-order chi connectivity index (χ0) is 17.9. The summed E-state index contributed by atoms with van der Waals surface area (Å²) in [5, 5.41) is 12.0. The minimum Gasteiger partial charge on any atom is -0.377 e. The molecule has 0 aliphatic heterocycles. The third-order valence-electron chi connectivity index (χ3n) is 3.93. The average molecular weight is 348 g/mol. The van der Waals surface area contributed by atoms with Gasteiger partial charge in [-0.1, -0.05) is 23.4 Å². The van der Waals surface area contributed by atoms with Crippen LogP contribution in [0.4, 0.5) is 5.69 Å². The molecule has 0 unspecified atom stereocenters. The Bertz CT molecular complexity index is 1050. The van der Waals surface area contributed by atoms with Gasteiger partial charge in [0.05, 0.1) is 17.4 Å². The number of para-hydroxylation sites is 1. The van der Waals surface area contributed by atoms with Gasteiger partial charge in [-0.2, -0.15) is 5.10 Å². The molecule has 2 aromatic carbocycles. The minimum atomic E-state index is -0.339. The summed E-state index contributed by atoms with van der Waals surface area (Å²) in [6.07, 6.45) is 1.83. The van der Waals surface area contributed by atoms with E-state index in [0.717, 1.165) is 16.6 Å². The van der Waals surface area contributed by atoms with E-state index in [1.807, 2.05) is 59.4 Å². The number of fused-ring (bicyclic) bond motifs is 1. The van der Waals surface area contributed by atoms with E-state index < -0.39 is 0 Å². The molecule has 2 heterocycles. The van der Waals surface area contributed by atoms with Gasteiger partial charge in [-0.15, -0.1) is 0 Å². The Morgan fingerprint density at radius 3 is 2.81 bits per heavy atom. The van der Waals surface area contributed by atoms with Crippen LogP contribution in [-0.2, 0) is 11.3 Å². The molecule has 7 heteroatoms. The summed E-state index contributed by atoms with van der Waals surface area (Å²) in [6, 6.07) is 17.0. The lowest BCUT2D eigenvalue weighted by molar-refractivity contribution is 0.101. The van der Waals surface area contributed by atoms with Gasteiger partial charge >= 0.3 is 0 Å². The van der Waals surface area contributed by atoms with Crippen molar-refractivity contribution >= 4 is 22.5 Å². The fourth-order valence-corrected chi connectivity index (χ4v) is 2.69. The first-order valence-corrected chi connectivity index (χ1v) is 8.04. The highest BCUT2D eigenvalue weighted by Crippen LogP contribution is 2.20. The number of hydrogen-bond acceptors (Lipinski definition) is 5. The van der Waals surface area contributed by atoms with E-state index in [9.17, 15) is 4.79 Å². The molecule has 4 rings (SSSR count). The van der Waals surface area contributed by atoms with Crippen molar-refractivity contribution in [3.05, 3.63) is 72.2 Å². The Morgan fingerprint density at radius 2 is 2.00 bits per heavy atom. The van der Waals surface area contributed by atoms with Crippen LogP contribution in [0.3, 0.4) is 0 Å². The number of anilines is 1. The highest BCUT2D eigenvalue weighted by molar-refractivity contribution is 6.02. The lowest BCUT2D eigenvalue weighted by Gasteiger charge is -2.06. The monoisotopic (exact) mass is 348 g/mol. The van der Waals surface area contributed by atoms with Crippen LogP contribution in [0, 0.1) is 0 Å². The molecule has 26 heavy (non-hydrogen) atoms. The lowest BCUT2D eigenvalue weighted by atomic mass is 10.2. The third-order valence-corrected chi connectivity index (χ3v) is 3.93. The van der Waals surface area contributed by atoms with E-state index in [1.54, 1.807) is 13.2 Å². The predicted octanol–water partition coefficient (Wildman–Crippen LogP) is 3.41. The quantitative estimate of drug-likeness (QED) is 0.598. The lowest BCUT2D eigenvalue weighted by Crippen LogP contribution is -2.12. The second-order valence-corrected chi connectivity index (χ2v) is 5.73. The van der Waals surface area contributed by atoms with Crippen LogP contribution in [-0.4, -0.2) is 28.0 Å². The number of benzene rings is 2. The summed E-state index contributed by atoms with van der Waals surface area (Å²) >= 11 is 0. The van der Waals surface area contributed by atoms with Gasteiger partial charge < -0.3 is 14.6 Å². The molecule has 0 saturated carbocycles. The number of nitrogens with one attached hydrogen (secondary N) is 1. The van der Waals surface area contributed by atoms with Crippen molar-refractivity contribution in [3.8, 4) is 5.69 Å². The molecular weight excluding hydrogens is 332 g/mol. The summed E-state index contributed by atoms with van der Waals surface area (Å²) in [5.41, 5.74) is 2.80. The fourth-order valence-electron chi connectivity index (χ4n) is 2.69. The highest BCUT2D eigenvalue weighted by Gasteiger charge is 2.13. The number of ether oxygens (including phenoxy) is 1. The number of carbonyl (C=O) groups excluding carboxylic acids is 1. The van der Waals surface area contributed by atoms with E-state index in [1.165, 1.54) is 0 Å². The molecule has 4 aromatic rings. The van der Waals surface area contributed by atoms with E-state index in [-0.39, 0.29) is 18.2 Å². The predicted molar refractivity (Wildman–Crippen MR) is 96.2 cm³/mol. The topological polar surface area (TPSA) is 82.2 Å². The number of aromatic nitrogens is 3. The molecule has 1 N–H and O–H groups in total. The normalized spacial score (nSPS) is 11.0. The van der Waals surface area contributed by atoms with Crippen molar-refractivity contribution in [1.82, 2.24) is 14.9 Å². The molecule has 7 nitrogen and oxygen atoms in total. The zero-order valence-electron chi connectivity index (χ0n) is 14.0. The van der Waals surface area contributed by atoms with Crippen LogP contribution in [0.25, 0.3) is 16.6 Å². The summed E-state index contributed by atoms with van der Waals surface area (Å²) in [5.74, 6) is 0.159. The maximum Gasteiger partial charge on any atom is 0.277 e. The molecule has 0 aliphatic carbocycles. The molecule has 0 bridgehead atoms. The number of rotatable bonds is 5. The molecular formula is C19H16N4O3. The first-order valence-electron chi connectivity index (χ1n) is 8.04. The summed E-state index contributed by atoms with van der Waals surface area (Å²) < 4.78 is 11.8. The summed E-state index contributed by atoms with van der Waals surface area (Å²) in [6.45, 7) is 0.271. The van der Waals surface area contributed by atoms with Gasteiger partial charge in [0.1, 0.15) is 6.61 Å². The Kier molecular flexibility index (Phi) is 4.20. The summed E-state index contributed by atoms with van der Waals surface area (Å²) in [7, 11) is 1.55. The van der Waals surface area contributed by atoms with E-state index in [2.05, 4.69) is 15.6 Å². The highest BCUT2D eigenvalue weighted by atomic mass is 16.5. The van der Waals surface area contributed by atoms with Crippen molar-refractivity contribution in [2.75, 3.05) is 12.4 Å². The van der Waals surface area contributed by atoms with Crippen molar-refractivity contribution in [2.24, 2.45) is 0 Å². The number of hydrogen-bond donors (Lipinski definition) is 1. The Labute approximate surface area is 149 Å². The SMILES string of the molecule is COCc1cc(C(=O)Nc2ccc(-n3ncc4ccccc43)cc2)no1. The van der Waals surface area contributed by atoms with Crippen LogP contribution in [0.15, 0.2) is 65.3 Å². The van der Waals surface area contributed by atoms with Crippen LogP contribution in [0.1, 0.15) is 16.2 Å². The van der Waals surface area contributed by atoms with E-state index in [0.29, 0.717) is 11.4 Å². The Hall–Kier alpha value is -3.45. The smallest absolute Gasteiger partial charge is 0.277 e. The number of carbonyl (C=O) groups is 1. The zero-order valence-corrected chi connectivity index (χ0v) is 14.0. The molecule has 0 atom stereocenters. The van der Waals surface area contributed by atoms with Crippen molar-refractivity contribution in [2.45, 2.75) is 6.61 Å². The number of methoxy groups -OCH3 is 1. The summed E-state index contributed by atoms with van der Waals surface area (Å²) in [4.78, 5) is 12.2. The van der Waals surface area contributed by atoms with Gasteiger partial charge in [-0.05, 0) is 30.3 Å². The minimum absolute atomic E-state index is 0.208. The molecule has 2 aromatic heterocycles. The molecule has 0 radical (unpaired) electrons. The number of amides is 1. The average Bonchev–Trinajstić information content (AvgIpc) is 3.30. The molecule has 0 saturated heterocycles. The first-order chi connectivity index (χ1) is 12.7. The van der Waals surface area contributed by atoms with Gasteiger partial charge in [0.2, 0.25) is 0 Å². The molecule has 0 fully saturated rings. The van der Waals surface area contributed by atoms with Gasteiger partial charge in [0, 0.05) is 24.2 Å². The second-order valence-electron chi connectivity index (χ2n) is 5.73. The van der Waals surface area contributed by atoms with Crippen LogP contribution >= 0.6 is 0 Å². The first kappa shape index (κ1) is 16.0. The van der Waals surface area contributed by atoms with Crippen LogP contribution in [0.5, 0.6) is 0 Å². The fraction of sp³-hybridized carbons (Fsp3) is 0.105. The van der Waals surface area contributed by atoms with E-state index in [4.69, 9.17) is 9.26 Å². The maximum absolute atomic E-state index is 12.2.